The largest absolute Gasteiger partial charge is 0.469 e. The molecule has 78 valence electrons. The van der Waals surface area contributed by atoms with Gasteiger partial charge in [0.05, 0.1) is 10.8 Å². The maximum atomic E-state index is 11.0. The molecule has 0 aromatic carbocycles. The Morgan fingerprint density at radius 3 is 2.57 bits per heavy atom. The molecular weight excluding hydrogens is 293 g/mol. The summed E-state index contributed by atoms with van der Waals surface area (Å²) in [6.07, 6.45) is 1.20. The molecular formula is C10H14INO2. The van der Waals surface area contributed by atoms with E-state index in [0.717, 1.165) is 15.8 Å². The molecule has 0 saturated carbocycles. The molecule has 0 bridgehead atoms. The molecule has 1 aromatic rings. The van der Waals surface area contributed by atoms with Crippen molar-refractivity contribution in [3.63, 3.8) is 0 Å². The normalized spacial score (nSPS) is 10.3. The lowest BCUT2D eigenvalue weighted by atomic mass is 10.1. The number of H-pyrrole nitrogens is 1. The van der Waals surface area contributed by atoms with Crippen LogP contribution in [0.25, 0.3) is 0 Å². The Balaban J connectivity index is 2.71. The molecule has 0 radical (unpaired) electrons. The molecule has 0 amide bonds. The van der Waals surface area contributed by atoms with Crippen molar-refractivity contribution in [2.75, 3.05) is 7.11 Å². The van der Waals surface area contributed by atoms with Crippen LogP contribution < -0.4 is 0 Å². The molecule has 14 heavy (non-hydrogen) atoms. The van der Waals surface area contributed by atoms with Crippen LogP contribution in [-0.2, 0) is 16.0 Å². The molecule has 1 heterocycles. The second-order valence-electron chi connectivity index (χ2n) is 3.24. The van der Waals surface area contributed by atoms with Crippen LogP contribution in [-0.4, -0.2) is 18.1 Å². The minimum Gasteiger partial charge on any atom is -0.469 e. The van der Waals surface area contributed by atoms with E-state index in [0.29, 0.717) is 6.42 Å². The number of rotatable bonds is 3. The van der Waals surface area contributed by atoms with Crippen molar-refractivity contribution in [2.24, 2.45) is 0 Å². The van der Waals surface area contributed by atoms with Crippen molar-refractivity contribution in [1.29, 1.82) is 0 Å². The number of hydrogen-bond acceptors (Lipinski definition) is 2. The molecule has 0 atom stereocenters. The van der Waals surface area contributed by atoms with E-state index in [4.69, 9.17) is 0 Å². The average molecular weight is 307 g/mol. The summed E-state index contributed by atoms with van der Waals surface area (Å²) in [5.74, 6) is -0.153. The molecule has 0 aliphatic rings. The lowest BCUT2D eigenvalue weighted by Gasteiger charge is -2.01. The van der Waals surface area contributed by atoms with Crippen molar-refractivity contribution in [2.45, 2.75) is 26.7 Å². The summed E-state index contributed by atoms with van der Waals surface area (Å²) in [5.41, 5.74) is 3.63. The van der Waals surface area contributed by atoms with E-state index < -0.39 is 0 Å². The molecule has 0 unspecified atom stereocenters. The van der Waals surface area contributed by atoms with Crippen molar-refractivity contribution >= 4 is 28.6 Å². The number of esters is 1. The van der Waals surface area contributed by atoms with Crippen molar-refractivity contribution in [3.8, 4) is 0 Å². The summed E-state index contributed by atoms with van der Waals surface area (Å²) in [7, 11) is 1.42. The van der Waals surface area contributed by atoms with Crippen LogP contribution in [0.1, 0.15) is 23.2 Å². The highest BCUT2D eigenvalue weighted by molar-refractivity contribution is 14.1. The molecule has 0 fully saturated rings. The van der Waals surface area contributed by atoms with Gasteiger partial charge in [-0.2, -0.15) is 0 Å². The Kier molecular flexibility index (Phi) is 3.97. The van der Waals surface area contributed by atoms with Gasteiger partial charge in [0.25, 0.3) is 0 Å². The second kappa shape index (κ2) is 4.82. The summed E-state index contributed by atoms with van der Waals surface area (Å²) in [6.45, 7) is 4.10. The first-order valence-electron chi connectivity index (χ1n) is 4.46. The summed E-state index contributed by atoms with van der Waals surface area (Å²) in [4.78, 5) is 14.2. The highest BCUT2D eigenvalue weighted by Crippen LogP contribution is 2.20. The number of aryl methyl sites for hydroxylation is 1. The lowest BCUT2D eigenvalue weighted by molar-refractivity contribution is -0.140. The fourth-order valence-corrected chi connectivity index (χ4v) is 2.18. The molecule has 0 aliphatic carbocycles. The van der Waals surface area contributed by atoms with Gasteiger partial charge >= 0.3 is 5.97 Å². The quantitative estimate of drug-likeness (QED) is 0.688. The van der Waals surface area contributed by atoms with E-state index in [1.165, 1.54) is 18.2 Å². The first-order valence-corrected chi connectivity index (χ1v) is 5.54. The molecule has 1 aromatic heterocycles. The van der Waals surface area contributed by atoms with E-state index in [1.54, 1.807) is 0 Å². The van der Waals surface area contributed by atoms with Crippen LogP contribution in [0.3, 0.4) is 0 Å². The number of methoxy groups -OCH3 is 1. The van der Waals surface area contributed by atoms with Gasteiger partial charge in [-0.05, 0) is 54.0 Å². The van der Waals surface area contributed by atoms with Gasteiger partial charge < -0.3 is 9.72 Å². The smallest absolute Gasteiger partial charge is 0.305 e. The number of aromatic nitrogens is 1. The van der Waals surface area contributed by atoms with Crippen LogP contribution in [0.4, 0.5) is 0 Å². The fraction of sp³-hybridized carbons (Fsp3) is 0.500. The summed E-state index contributed by atoms with van der Waals surface area (Å²) >= 11 is 2.27. The van der Waals surface area contributed by atoms with Crippen LogP contribution in [0.15, 0.2) is 0 Å². The third-order valence-corrected chi connectivity index (χ3v) is 3.42. The fourth-order valence-electron chi connectivity index (χ4n) is 1.45. The monoisotopic (exact) mass is 307 g/mol. The van der Waals surface area contributed by atoms with Crippen LogP contribution in [0, 0.1) is 17.5 Å². The minimum atomic E-state index is -0.153. The Hall–Kier alpha value is -0.520. The number of carbonyl (C=O) groups is 1. The first kappa shape index (κ1) is 11.6. The van der Waals surface area contributed by atoms with Gasteiger partial charge in [-0.25, -0.2) is 0 Å². The zero-order valence-electron chi connectivity index (χ0n) is 8.61. The van der Waals surface area contributed by atoms with E-state index in [9.17, 15) is 4.79 Å². The summed E-state index contributed by atoms with van der Waals surface area (Å²) in [5, 5.41) is 0. The predicted octanol–water partition coefficient (Wildman–Crippen LogP) is 2.34. The maximum Gasteiger partial charge on any atom is 0.305 e. The minimum absolute atomic E-state index is 0.153. The Morgan fingerprint density at radius 1 is 1.50 bits per heavy atom. The number of ether oxygens (including phenoxy) is 1. The van der Waals surface area contributed by atoms with Gasteiger partial charge in [0.1, 0.15) is 0 Å². The Labute approximate surface area is 97.4 Å². The second-order valence-corrected chi connectivity index (χ2v) is 4.32. The maximum absolute atomic E-state index is 11.0. The molecule has 4 heteroatoms. The zero-order valence-corrected chi connectivity index (χ0v) is 10.8. The number of aromatic amines is 1. The SMILES string of the molecule is COC(=O)CCc1c(C)[nH]c(I)c1C. The number of halogens is 1. The third kappa shape index (κ3) is 2.50. The van der Waals surface area contributed by atoms with Gasteiger partial charge in [0.2, 0.25) is 0 Å². The number of carbonyl (C=O) groups excluding carboxylic acids is 1. The van der Waals surface area contributed by atoms with Crippen LogP contribution in [0.2, 0.25) is 0 Å². The average Bonchev–Trinajstić information content (AvgIpc) is 2.39. The predicted molar refractivity (Wildman–Crippen MR) is 63.3 cm³/mol. The van der Waals surface area contributed by atoms with Gasteiger partial charge in [0.15, 0.2) is 0 Å². The van der Waals surface area contributed by atoms with E-state index in [1.807, 2.05) is 6.92 Å². The van der Waals surface area contributed by atoms with Gasteiger partial charge in [-0.15, -0.1) is 0 Å². The highest BCUT2D eigenvalue weighted by atomic mass is 127. The molecule has 1 rings (SSSR count). The molecule has 3 nitrogen and oxygen atoms in total. The van der Waals surface area contributed by atoms with Gasteiger partial charge in [0, 0.05) is 12.1 Å². The van der Waals surface area contributed by atoms with E-state index in [2.05, 4.69) is 39.2 Å². The Bertz CT molecular complexity index is 344. The standard InChI is InChI=1S/C10H14INO2/c1-6-8(4-5-9(13)14-3)7(2)12-10(6)11/h12H,4-5H2,1-3H3. The molecule has 0 saturated heterocycles. The highest BCUT2D eigenvalue weighted by Gasteiger charge is 2.10. The molecule has 0 aliphatic heterocycles. The lowest BCUT2D eigenvalue weighted by Crippen LogP contribution is -2.02. The molecule has 0 spiro atoms. The summed E-state index contributed by atoms with van der Waals surface area (Å²) in [6, 6.07) is 0. The van der Waals surface area contributed by atoms with Crippen molar-refractivity contribution in [1.82, 2.24) is 4.98 Å². The van der Waals surface area contributed by atoms with E-state index >= 15 is 0 Å². The first-order chi connectivity index (χ1) is 6.56. The van der Waals surface area contributed by atoms with Gasteiger partial charge in [-0.3, -0.25) is 4.79 Å². The Morgan fingerprint density at radius 2 is 2.14 bits per heavy atom. The zero-order chi connectivity index (χ0) is 10.7. The van der Waals surface area contributed by atoms with E-state index in [-0.39, 0.29) is 5.97 Å². The summed E-state index contributed by atoms with van der Waals surface area (Å²) < 4.78 is 5.76. The van der Waals surface area contributed by atoms with Crippen LogP contribution in [0.5, 0.6) is 0 Å². The van der Waals surface area contributed by atoms with Gasteiger partial charge in [-0.1, -0.05) is 0 Å². The molecule has 1 N–H and O–H groups in total. The topological polar surface area (TPSA) is 42.1 Å². The third-order valence-electron chi connectivity index (χ3n) is 2.34. The number of hydrogen-bond donors (Lipinski definition) is 1. The van der Waals surface area contributed by atoms with Crippen molar-refractivity contribution in [3.05, 3.63) is 20.5 Å². The van der Waals surface area contributed by atoms with Crippen molar-refractivity contribution < 1.29 is 9.53 Å². The van der Waals surface area contributed by atoms with Crippen LogP contribution >= 0.6 is 22.6 Å². The number of nitrogens with one attached hydrogen (secondary N) is 1.